The first-order valence-electron chi connectivity index (χ1n) is 8.50. The van der Waals surface area contributed by atoms with Gasteiger partial charge in [-0.25, -0.2) is 0 Å². The summed E-state index contributed by atoms with van der Waals surface area (Å²) in [5.41, 5.74) is 0. The van der Waals surface area contributed by atoms with Gasteiger partial charge in [-0.15, -0.1) is 0 Å². The van der Waals surface area contributed by atoms with E-state index >= 15 is 0 Å². The van der Waals surface area contributed by atoms with Gasteiger partial charge >= 0.3 is 0 Å². The molecule has 0 aromatic rings. The molecule has 5 heteroatoms. The van der Waals surface area contributed by atoms with Gasteiger partial charge < -0.3 is 14.7 Å². The number of carbonyl (C=O) groups excluding carboxylic acids is 1. The van der Waals surface area contributed by atoms with Crippen molar-refractivity contribution in [2.24, 2.45) is 5.92 Å². The summed E-state index contributed by atoms with van der Waals surface area (Å²) in [6.45, 7) is 5.49. The van der Waals surface area contributed by atoms with Gasteiger partial charge in [-0.05, 0) is 32.2 Å². The van der Waals surface area contributed by atoms with E-state index in [1.54, 1.807) is 0 Å². The minimum atomic E-state index is -0.266. The molecule has 0 aromatic heterocycles. The predicted molar refractivity (Wildman–Crippen MR) is 79.9 cm³/mol. The Hall–Kier alpha value is -0.650. The third-order valence-corrected chi connectivity index (χ3v) is 5.32. The number of ether oxygens (including phenoxy) is 1. The van der Waals surface area contributed by atoms with E-state index in [9.17, 15) is 9.90 Å². The minimum absolute atomic E-state index is 0.0710. The van der Waals surface area contributed by atoms with Gasteiger partial charge in [0, 0.05) is 18.5 Å². The number of aliphatic hydroxyl groups excluding tert-OH is 1. The van der Waals surface area contributed by atoms with Crippen LogP contribution in [0.5, 0.6) is 0 Å². The summed E-state index contributed by atoms with van der Waals surface area (Å²) in [5.74, 6) is 0.418. The van der Waals surface area contributed by atoms with E-state index in [4.69, 9.17) is 4.74 Å². The third kappa shape index (κ3) is 3.41. The average molecular weight is 296 g/mol. The van der Waals surface area contributed by atoms with Crippen molar-refractivity contribution in [3.8, 4) is 0 Å². The number of hydrogen-bond acceptors (Lipinski definition) is 4. The largest absolute Gasteiger partial charge is 0.393 e. The SMILES string of the molecule is CCN(CC(=O)N1CCOC[C@@H]1[C@@H]1CCC[C@H]1O)C1CC1. The van der Waals surface area contributed by atoms with E-state index in [1.165, 1.54) is 12.8 Å². The molecule has 2 aliphatic carbocycles. The molecule has 3 rings (SSSR count). The Morgan fingerprint density at radius 3 is 2.76 bits per heavy atom. The molecule has 3 atom stereocenters. The monoisotopic (exact) mass is 296 g/mol. The van der Waals surface area contributed by atoms with Gasteiger partial charge in [-0.3, -0.25) is 9.69 Å². The zero-order chi connectivity index (χ0) is 14.8. The van der Waals surface area contributed by atoms with Crippen LogP contribution in [0.25, 0.3) is 0 Å². The van der Waals surface area contributed by atoms with E-state index in [2.05, 4.69) is 11.8 Å². The zero-order valence-electron chi connectivity index (χ0n) is 13.0. The Bertz CT molecular complexity index is 373. The maximum atomic E-state index is 12.7. The predicted octanol–water partition coefficient (Wildman–Crippen LogP) is 0.859. The highest BCUT2D eigenvalue weighted by Crippen LogP contribution is 2.32. The number of amides is 1. The molecule has 0 spiro atoms. The number of aliphatic hydroxyl groups is 1. The smallest absolute Gasteiger partial charge is 0.237 e. The van der Waals surface area contributed by atoms with Crippen molar-refractivity contribution in [1.29, 1.82) is 0 Å². The van der Waals surface area contributed by atoms with E-state index in [0.717, 1.165) is 25.8 Å². The second kappa shape index (κ2) is 6.63. The summed E-state index contributed by atoms with van der Waals surface area (Å²) in [4.78, 5) is 17.0. The Morgan fingerprint density at radius 1 is 1.33 bits per heavy atom. The molecule has 0 aromatic carbocycles. The Labute approximate surface area is 127 Å². The van der Waals surface area contributed by atoms with Gasteiger partial charge in [0.2, 0.25) is 5.91 Å². The first-order chi connectivity index (χ1) is 10.2. The highest BCUT2D eigenvalue weighted by molar-refractivity contribution is 5.79. The summed E-state index contributed by atoms with van der Waals surface area (Å²) in [7, 11) is 0. The molecule has 0 radical (unpaired) electrons. The number of carbonyl (C=O) groups is 1. The lowest BCUT2D eigenvalue weighted by Gasteiger charge is -2.41. The molecule has 3 fully saturated rings. The fourth-order valence-corrected chi connectivity index (χ4v) is 3.91. The quantitative estimate of drug-likeness (QED) is 0.817. The van der Waals surface area contributed by atoms with E-state index < -0.39 is 0 Å². The lowest BCUT2D eigenvalue weighted by Crippen LogP contribution is -2.55. The van der Waals surface area contributed by atoms with Crippen LogP contribution in [0.3, 0.4) is 0 Å². The molecule has 1 amide bonds. The summed E-state index contributed by atoms with van der Waals surface area (Å²) < 4.78 is 5.60. The molecule has 5 nitrogen and oxygen atoms in total. The van der Waals surface area contributed by atoms with E-state index in [1.807, 2.05) is 4.90 Å². The Balaban J connectivity index is 1.63. The van der Waals surface area contributed by atoms with Gasteiger partial charge in [0.05, 0.1) is 31.9 Å². The van der Waals surface area contributed by atoms with Crippen LogP contribution in [-0.2, 0) is 9.53 Å². The van der Waals surface area contributed by atoms with Crippen LogP contribution in [0.4, 0.5) is 0 Å². The molecule has 0 unspecified atom stereocenters. The molecule has 21 heavy (non-hydrogen) atoms. The third-order valence-electron chi connectivity index (χ3n) is 5.32. The van der Waals surface area contributed by atoms with Crippen LogP contribution < -0.4 is 0 Å². The fourth-order valence-electron chi connectivity index (χ4n) is 3.91. The van der Waals surface area contributed by atoms with E-state index in [0.29, 0.717) is 32.3 Å². The van der Waals surface area contributed by atoms with Crippen LogP contribution in [0.15, 0.2) is 0 Å². The number of hydrogen-bond donors (Lipinski definition) is 1. The molecule has 1 heterocycles. The van der Waals surface area contributed by atoms with Crippen LogP contribution in [0.1, 0.15) is 39.0 Å². The second-order valence-electron chi connectivity index (χ2n) is 6.69. The van der Waals surface area contributed by atoms with Crippen molar-refractivity contribution in [3.63, 3.8) is 0 Å². The van der Waals surface area contributed by atoms with E-state index in [-0.39, 0.29) is 24.0 Å². The van der Waals surface area contributed by atoms with Crippen molar-refractivity contribution in [2.75, 3.05) is 32.8 Å². The molecule has 2 saturated carbocycles. The van der Waals surface area contributed by atoms with Crippen LogP contribution in [-0.4, -0.2) is 71.8 Å². The average Bonchev–Trinajstić information content (AvgIpc) is 3.26. The van der Waals surface area contributed by atoms with Crippen LogP contribution in [0, 0.1) is 5.92 Å². The summed E-state index contributed by atoms with van der Waals surface area (Å²) in [5, 5.41) is 10.2. The molecule has 0 bridgehead atoms. The topological polar surface area (TPSA) is 53.0 Å². The number of nitrogens with zero attached hydrogens (tertiary/aromatic N) is 2. The lowest BCUT2D eigenvalue weighted by atomic mass is 9.94. The minimum Gasteiger partial charge on any atom is -0.393 e. The van der Waals surface area contributed by atoms with Crippen molar-refractivity contribution >= 4 is 5.91 Å². The molecular weight excluding hydrogens is 268 g/mol. The number of likely N-dealkylation sites (N-methyl/N-ethyl adjacent to an activating group) is 1. The molecule has 1 saturated heterocycles. The van der Waals surface area contributed by atoms with Crippen molar-refractivity contribution in [1.82, 2.24) is 9.80 Å². The first-order valence-corrected chi connectivity index (χ1v) is 8.50. The Kier molecular flexibility index (Phi) is 4.82. The highest BCUT2D eigenvalue weighted by Gasteiger charge is 2.40. The molecule has 120 valence electrons. The molecule has 1 aliphatic heterocycles. The van der Waals surface area contributed by atoms with Gasteiger partial charge in [0.1, 0.15) is 0 Å². The first kappa shape index (κ1) is 15.3. The molecule has 3 aliphatic rings. The van der Waals surface area contributed by atoms with Gasteiger partial charge in [0.25, 0.3) is 0 Å². The Morgan fingerprint density at radius 2 is 2.14 bits per heavy atom. The molecular formula is C16H28N2O3. The number of morpholine rings is 1. The maximum Gasteiger partial charge on any atom is 0.237 e. The highest BCUT2D eigenvalue weighted by atomic mass is 16.5. The number of rotatable bonds is 5. The summed E-state index contributed by atoms with van der Waals surface area (Å²) in [6.07, 6.45) is 5.14. The molecule has 1 N–H and O–H groups in total. The van der Waals surface area contributed by atoms with Crippen LogP contribution >= 0.6 is 0 Å². The normalized spacial score (nSPS) is 33.7. The van der Waals surface area contributed by atoms with Crippen molar-refractivity contribution in [3.05, 3.63) is 0 Å². The fraction of sp³-hybridized carbons (Fsp3) is 0.938. The van der Waals surface area contributed by atoms with Crippen molar-refractivity contribution < 1.29 is 14.6 Å². The maximum absolute atomic E-state index is 12.7. The summed E-state index contributed by atoms with van der Waals surface area (Å²) in [6, 6.07) is 0.692. The lowest BCUT2D eigenvalue weighted by molar-refractivity contribution is -0.145. The summed E-state index contributed by atoms with van der Waals surface area (Å²) >= 11 is 0. The second-order valence-corrected chi connectivity index (χ2v) is 6.69. The van der Waals surface area contributed by atoms with Crippen molar-refractivity contribution in [2.45, 2.75) is 57.2 Å². The van der Waals surface area contributed by atoms with Crippen LogP contribution in [0.2, 0.25) is 0 Å². The van der Waals surface area contributed by atoms with Gasteiger partial charge in [-0.2, -0.15) is 0 Å². The van der Waals surface area contributed by atoms with Gasteiger partial charge in [0.15, 0.2) is 0 Å². The standard InChI is InChI=1S/C16H28N2O3/c1-2-17(12-6-7-12)10-16(20)18-8-9-21-11-14(18)13-4-3-5-15(13)19/h12-15,19H,2-11H2,1H3/t13-,14+,15+/m0/s1. The zero-order valence-corrected chi connectivity index (χ0v) is 13.0. The van der Waals surface area contributed by atoms with Gasteiger partial charge in [-0.1, -0.05) is 13.3 Å².